The van der Waals surface area contributed by atoms with E-state index in [1.54, 1.807) is 13.8 Å². The fourth-order valence-electron chi connectivity index (χ4n) is 1.23. The molecule has 8 heteroatoms. The van der Waals surface area contributed by atoms with Crippen LogP contribution < -0.4 is 9.44 Å². The molecular weight excluding hydrogens is 264 g/mol. The van der Waals surface area contributed by atoms with Gasteiger partial charge < -0.3 is 0 Å². The third-order valence-electron chi connectivity index (χ3n) is 1.96. The van der Waals surface area contributed by atoms with Crippen molar-refractivity contribution < 1.29 is 16.8 Å². The van der Waals surface area contributed by atoms with Crippen LogP contribution in [0.25, 0.3) is 0 Å². The van der Waals surface area contributed by atoms with Gasteiger partial charge in [-0.05, 0) is 20.3 Å². The van der Waals surface area contributed by atoms with Crippen molar-refractivity contribution in [2.24, 2.45) is 0 Å². The minimum Gasteiger partial charge on any atom is -0.213 e. The molecule has 0 unspecified atom stereocenters. The fraction of sp³-hybridized carbons (Fsp3) is 1.00. The van der Waals surface area contributed by atoms with Gasteiger partial charge in [-0.25, -0.2) is 26.3 Å². The van der Waals surface area contributed by atoms with E-state index in [0.29, 0.717) is 6.42 Å². The summed E-state index contributed by atoms with van der Waals surface area (Å²) in [5.74, 6) is 0.0679. The lowest BCUT2D eigenvalue weighted by Gasteiger charge is -2.25. The Morgan fingerprint density at radius 2 is 1.65 bits per heavy atom. The lowest BCUT2D eigenvalue weighted by Crippen LogP contribution is -2.51. The Hall–Kier alpha value is -0.180. The Balaban J connectivity index is 4.36. The van der Waals surface area contributed by atoms with Gasteiger partial charge in [-0.2, -0.15) is 0 Å². The van der Waals surface area contributed by atoms with Crippen LogP contribution in [-0.4, -0.2) is 40.9 Å². The summed E-state index contributed by atoms with van der Waals surface area (Å²) in [6.45, 7) is 5.18. The van der Waals surface area contributed by atoms with Crippen LogP contribution in [0.5, 0.6) is 0 Å². The summed E-state index contributed by atoms with van der Waals surface area (Å²) >= 11 is 0. The molecule has 0 atom stereocenters. The molecule has 0 rings (SSSR count). The average molecular weight is 286 g/mol. The summed E-state index contributed by atoms with van der Waals surface area (Å²) < 4.78 is 49.9. The van der Waals surface area contributed by atoms with E-state index in [0.717, 1.165) is 12.7 Å². The van der Waals surface area contributed by atoms with Gasteiger partial charge in [0.1, 0.15) is 0 Å². The van der Waals surface area contributed by atoms with Gasteiger partial charge in [0.25, 0.3) is 0 Å². The van der Waals surface area contributed by atoms with Crippen LogP contribution in [0.15, 0.2) is 0 Å². The molecule has 0 aliphatic heterocycles. The first-order chi connectivity index (χ1) is 7.47. The Kier molecular flexibility index (Phi) is 6.06. The third-order valence-corrected chi connectivity index (χ3v) is 4.30. The lowest BCUT2D eigenvalue weighted by atomic mass is 10.1. The molecule has 0 heterocycles. The summed E-state index contributed by atoms with van der Waals surface area (Å²) in [6.07, 6.45) is 2.43. The molecule has 0 aliphatic rings. The van der Waals surface area contributed by atoms with Crippen molar-refractivity contribution in [2.45, 2.75) is 39.2 Å². The Morgan fingerprint density at radius 3 is 2.06 bits per heavy atom. The van der Waals surface area contributed by atoms with E-state index in [2.05, 4.69) is 9.44 Å². The van der Waals surface area contributed by atoms with Crippen molar-refractivity contribution in [1.82, 2.24) is 9.44 Å². The minimum atomic E-state index is -3.35. The van der Waals surface area contributed by atoms with Gasteiger partial charge in [-0.15, -0.1) is 0 Å². The number of unbranched alkanes of at least 4 members (excludes halogenated alkanes) is 1. The van der Waals surface area contributed by atoms with E-state index >= 15 is 0 Å². The molecule has 0 radical (unpaired) electrons. The smallest absolute Gasteiger partial charge is 0.211 e. The number of rotatable bonds is 8. The summed E-state index contributed by atoms with van der Waals surface area (Å²) in [4.78, 5) is 0. The van der Waals surface area contributed by atoms with Crippen LogP contribution in [-0.2, 0) is 20.0 Å². The average Bonchev–Trinajstić information content (AvgIpc) is 2.08. The molecule has 0 amide bonds. The highest BCUT2D eigenvalue weighted by Gasteiger charge is 2.24. The van der Waals surface area contributed by atoms with Gasteiger partial charge in [0.05, 0.1) is 12.0 Å². The van der Waals surface area contributed by atoms with E-state index in [4.69, 9.17) is 0 Å². The first kappa shape index (κ1) is 16.8. The van der Waals surface area contributed by atoms with Gasteiger partial charge in [0, 0.05) is 12.1 Å². The van der Waals surface area contributed by atoms with Crippen molar-refractivity contribution in [3.63, 3.8) is 0 Å². The molecule has 0 fully saturated rings. The van der Waals surface area contributed by atoms with Crippen molar-refractivity contribution >= 4 is 20.0 Å². The molecule has 6 nitrogen and oxygen atoms in total. The van der Waals surface area contributed by atoms with Crippen LogP contribution in [0.3, 0.4) is 0 Å². The highest BCUT2D eigenvalue weighted by molar-refractivity contribution is 7.89. The summed E-state index contributed by atoms with van der Waals surface area (Å²) in [6, 6.07) is 0. The van der Waals surface area contributed by atoms with Crippen LogP contribution in [0.2, 0.25) is 0 Å². The molecular formula is C9H22N2O4S2. The van der Waals surface area contributed by atoms with Crippen LogP contribution in [0.1, 0.15) is 33.6 Å². The van der Waals surface area contributed by atoms with Crippen molar-refractivity contribution in [1.29, 1.82) is 0 Å². The highest BCUT2D eigenvalue weighted by Crippen LogP contribution is 2.03. The molecule has 17 heavy (non-hydrogen) atoms. The Bertz CT molecular complexity index is 426. The predicted molar refractivity (Wildman–Crippen MR) is 68.8 cm³/mol. The fourth-order valence-corrected chi connectivity index (χ4v) is 3.70. The summed E-state index contributed by atoms with van der Waals surface area (Å²) in [7, 11) is -6.67. The van der Waals surface area contributed by atoms with Gasteiger partial charge in [-0.3, -0.25) is 0 Å². The zero-order valence-corrected chi connectivity index (χ0v) is 12.4. The van der Waals surface area contributed by atoms with Crippen LogP contribution in [0.4, 0.5) is 0 Å². The maximum atomic E-state index is 11.5. The quantitative estimate of drug-likeness (QED) is 0.658. The molecule has 0 aromatic carbocycles. The molecule has 0 aliphatic carbocycles. The number of nitrogens with one attached hydrogen (secondary N) is 2. The molecule has 0 saturated carbocycles. The number of hydrogen-bond donors (Lipinski definition) is 2. The van der Waals surface area contributed by atoms with E-state index in [-0.39, 0.29) is 12.3 Å². The summed E-state index contributed by atoms with van der Waals surface area (Å²) in [5, 5.41) is 0. The second-order valence-electron chi connectivity index (χ2n) is 4.75. The molecule has 104 valence electrons. The zero-order valence-electron chi connectivity index (χ0n) is 10.8. The predicted octanol–water partition coefficient (Wildman–Crippen LogP) is 0.0337. The molecule has 0 aromatic rings. The zero-order chi connectivity index (χ0) is 13.7. The van der Waals surface area contributed by atoms with E-state index in [1.165, 1.54) is 0 Å². The first-order valence-corrected chi connectivity index (χ1v) is 8.98. The van der Waals surface area contributed by atoms with Crippen molar-refractivity contribution in [3.05, 3.63) is 0 Å². The highest BCUT2D eigenvalue weighted by atomic mass is 32.2. The van der Waals surface area contributed by atoms with E-state index < -0.39 is 25.6 Å². The molecule has 2 N–H and O–H groups in total. The molecule has 0 saturated heterocycles. The van der Waals surface area contributed by atoms with Crippen molar-refractivity contribution in [3.8, 4) is 0 Å². The van der Waals surface area contributed by atoms with Gasteiger partial charge >= 0.3 is 0 Å². The second kappa shape index (κ2) is 6.12. The lowest BCUT2D eigenvalue weighted by molar-refractivity contribution is 0.445. The van der Waals surface area contributed by atoms with Crippen LogP contribution in [0, 0.1) is 0 Å². The topological polar surface area (TPSA) is 92.3 Å². The standard InChI is InChI=1S/C9H22N2O4S2/c1-5-6-7-17(14,15)10-8-9(2,3)11-16(4,12)13/h10-11H,5-8H2,1-4H3. The van der Waals surface area contributed by atoms with Gasteiger partial charge in [0.2, 0.25) is 20.0 Å². The number of sulfonamides is 2. The largest absolute Gasteiger partial charge is 0.213 e. The maximum Gasteiger partial charge on any atom is 0.211 e. The number of hydrogen-bond acceptors (Lipinski definition) is 4. The SMILES string of the molecule is CCCCS(=O)(=O)NCC(C)(C)NS(C)(=O)=O. The molecule has 0 aromatic heterocycles. The van der Waals surface area contributed by atoms with Gasteiger partial charge in [-0.1, -0.05) is 13.3 Å². The molecule has 0 spiro atoms. The normalized spacial score (nSPS) is 13.9. The van der Waals surface area contributed by atoms with Crippen LogP contribution >= 0.6 is 0 Å². The monoisotopic (exact) mass is 286 g/mol. The Morgan fingerprint density at radius 1 is 1.12 bits per heavy atom. The van der Waals surface area contributed by atoms with E-state index in [1.807, 2.05) is 6.92 Å². The maximum absolute atomic E-state index is 11.5. The minimum absolute atomic E-state index is 0.0338. The summed E-state index contributed by atoms with van der Waals surface area (Å²) in [5.41, 5.74) is -0.840. The second-order valence-corrected chi connectivity index (χ2v) is 8.43. The Labute approximate surface area is 104 Å². The first-order valence-electron chi connectivity index (χ1n) is 5.44. The van der Waals surface area contributed by atoms with Crippen molar-refractivity contribution in [2.75, 3.05) is 18.6 Å². The molecule has 0 bridgehead atoms. The van der Waals surface area contributed by atoms with Gasteiger partial charge in [0.15, 0.2) is 0 Å². The third kappa shape index (κ3) is 9.51. The van der Waals surface area contributed by atoms with E-state index in [9.17, 15) is 16.8 Å².